The van der Waals surface area contributed by atoms with Gasteiger partial charge in [0.25, 0.3) is 0 Å². The summed E-state index contributed by atoms with van der Waals surface area (Å²) in [5.41, 5.74) is 9.59. The van der Waals surface area contributed by atoms with Crippen LogP contribution in [0.2, 0.25) is 0 Å². The van der Waals surface area contributed by atoms with Crippen LogP contribution in [0.4, 0.5) is 17.1 Å². The van der Waals surface area contributed by atoms with Crippen LogP contribution < -0.4 is 4.90 Å². The first-order valence-electron chi connectivity index (χ1n) is 23.3. The zero-order chi connectivity index (χ0) is 45.1. The minimum absolute atomic E-state index is 0.0704. The Labute approximate surface area is 369 Å². The Bertz CT molecular complexity index is 3530. The van der Waals surface area contributed by atoms with Crippen LogP contribution in [0.15, 0.2) is 244 Å². The lowest BCUT2D eigenvalue weighted by Crippen LogP contribution is -2.35. The van der Waals surface area contributed by atoms with Gasteiger partial charge in [-0.15, -0.1) is 13.2 Å². The lowest BCUT2D eigenvalue weighted by atomic mass is 9.63. The van der Waals surface area contributed by atoms with E-state index >= 15 is 0 Å². The first-order valence-corrected chi connectivity index (χ1v) is 21.3. The molecule has 294 valence electrons. The van der Waals surface area contributed by atoms with Gasteiger partial charge in [0, 0.05) is 17.1 Å². The van der Waals surface area contributed by atoms with Gasteiger partial charge < -0.3 is 4.90 Å². The highest BCUT2D eigenvalue weighted by atomic mass is 15.1. The molecule has 0 aromatic heterocycles. The predicted molar refractivity (Wildman–Crippen MR) is 265 cm³/mol. The molecule has 10 aromatic rings. The Morgan fingerprint density at radius 1 is 0.452 bits per heavy atom. The van der Waals surface area contributed by atoms with E-state index in [0.717, 1.165) is 54.9 Å². The highest BCUT2D eigenvalue weighted by Crippen LogP contribution is 2.58. The SMILES string of the molecule is [2H]c1c([2H])c(N(c2ccc(-c3cc4ccccc4c4ccccc34)cc2)c2ccc3c(c2)C(c2ccccc2)(C(C=C)CC=C)c2ccccc2-3)c([2H])c([2H])c1-c1ccc2ccccc2c1. The van der Waals surface area contributed by atoms with Crippen molar-refractivity contribution in [1.82, 2.24) is 0 Å². The second-order valence-electron chi connectivity index (χ2n) is 16.2. The Hall–Kier alpha value is -7.74. The van der Waals surface area contributed by atoms with Gasteiger partial charge in [-0.25, -0.2) is 0 Å². The van der Waals surface area contributed by atoms with Gasteiger partial charge in [-0.1, -0.05) is 182 Å². The number of fused-ring (bicyclic) bond motifs is 7. The fourth-order valence-corrected chi connectivity index (χ4v) is 10.1. The van der Waals surface area contributed by atoms with Crippen molar-refractivity contribution in [2.75, 3.05) is 4.90 Å². The van der Waals surface area contributed by atoms with Gasteiger partial charge in [0.05, 0.1) is 10.9 Å². The molecule has 0 spiro atoms. The Morgan fingerprint density at radius 2 is 1.08 bits per heavy atom. The predicted octanol–water partition coefficient (Wildman–Crippen LogP) is 16.6. The molecule has 2 atom stereocenters. The number of nitrogens with zero attached hydrogens (tertiary/aromatic N) is 1. The van der Waals surface area contributed by atoms with E-state index in [4.69, 9.17) is 0 Å². The van der Waals surface area contributed by atoms with Gasteiger partial charge in [-0.05, 0) is 143 Å². The molecule has 0 N–H and O–H groups in total. The van der Waals surface area contributed by atoms with E-state index in [1.54, 1.807) is 0 Å². The van der Waals surface area contributed by atoms with E-state index in [1.807, 2.05) is 77.7 Å². The minimum Gasteiger partial charge on any atom is -0.310 e. The molecule has 11 rings (SSSR count). The molecule has 1 heteroatoms. The molecule has 10 aromatic carbocycles. The minimum atomic E-state index is -0.652. The van der Waals surface area contributed by atoms with Gasteiger partial charge in [0.15, 0.2) is 0 Å². The van der Waals surface area contributed by atoms with Crippen LogP contribution in [-0.2, 0) is 5.41 Å². The van der Waals surface area contributed by atoms with E-state index < -0.39 is 5.41 Å². The van der Waals surface area contributed by atoms with Gasteiger partial charge in [-0.2, -0.15) is 0 Å². The van der Waals surface area contributed by atoms with Crippen LogP contribution in [0.3, 0.4) is 0 Å². The normalized spacial score (nSPS) is 15.5. The van der Waals surface area contributed by atoms with E-state index in [2.05, 4.69) is 147 Å². The topological polar surface area (TPSA) is 3.24 Å². The third-order valence-corrected chi connectivity index (χ3v) is 12.9. The third kappa shape index (κ3) is 6.00. The standard InChI is InChI=1S/C61H45N/c1-3-16-48(4-2)61(49-20-6-5-7-21-49)59-26-15-14-25-56(59)57-38-37-52(41-60(57)61)62(50-33-29-43(30-34-50)46-28-27-42-17-8-9-18-45(42)39-46)51-35-31-44(32-36-51)58-40-47-19-10-11-22-53(47)54-23-12-13-24-55(54)58/h3-15,17-41,48H,1-2,16H2/i29D,30D,33D,34D. The molecule has 0 aliphatic heterocycles. The maximum absolute atomic E-state index is 9.83. The van der Waals surface area contributed by atoms with Crippen molar-refractivity contribution in [2.45, 2.75) is 11.8 Å². The molecule has 2 unspecified atom stereocenters. The summed E-state index contributed by atoms with van der Waals surface area (Å²) in [5.74, 6) is -0.0704. The fraction of sp³-hybridized carbons (Fsp3) is 0.0492. The molecule has 0 bridgehead atoms. The molecule has 0 amide bonds. The molecule has 1 aliphatic carbocycles. The molecule has 0 fully saturated rings. The summed E-state index contributed by atoms with van der Waals surface area (Å²) in [6, 6.07) is 66.5. The van der Waals surface area contributed by atoms with Crippen molar-refractivity contribution < 1.29 is 5.48 Å². The average Bonchev–Trinajstić information content (AvgIpc) is 3.66. The zero-order valence-electron chi connectivity index (χ0n) is 38.3. The number of rotatable bonds is 10. The maximum atomic E-state index is 9.83. The summed E-state index contributed by atoms with van der Waals surface area (Å²) in [4.78, 5) is 1.92. The number of benzene rings is 10. The first-order chi connectivity index (χ1) is 32.3. The van der Waals surface area contributed by atoms with Crippen LogP contribution in [0.25, 0.3) is 65.7 Å². The summed E-state index contributed by atoms with van der Waals surface area (Å²) < 4.78 is 38.9. The third-order valence-electron chi connectivity index (χ3n) is 12.9. The summed E-state index contributed by atoms with van der Waals surface area (Å²) in [5, 5.41) is 6.69. The van der Waals surface area contributed by atoms with Crippen LogP contribution in [0.1, 0.15) is 28.6 Å². The van der Waals surface area contributed by atoms with Gasteiger partial charge in [-0.3, -0.25) is 0 Å². The molecule has 62 heavy (non-hydrogen) atoms. The van der Waals surface area contributed by atoms with Crippen molar-refractivity contribution in [3.05, 3.63) is 260 Å². The first kappa shape index (κ1) is 33.0. The van der Waals surface area contributed by atoms with Gasteiger partial charge in [0.2, 0.25) is 0 Å². The van der Waals surface area contributed by atoms with E-state index in [0.29, 0.717) is 23.4 Å². The van der Waals surface area contributed by atoms with Crippen molar-refractivity contribution >= 4 is 49.4 Å². The molecule has 1 aliphatic rings. The van der Waals surface area contributed by atoms with E-state index in [-0.39, 0.29) is 41.3 Å². The Kier molecular flexibility index (Phi) is 8.19. The highest BCUT2D eigenvalue weighted by Gasteiger charge is 2.48. The molecule has 0 heterocycles. The summed E-state index contributed by atoms with van der Waals surface area (Å²) in [7, 11) is 0. The summed E-state index contributed by atoms with van der Waals surface area (Å²) in [6.45, 7) is 8.59. The van der Waals surface area contributed by atoms with Crippen LogP contribution >= 0.6 is 0 Å². The van der Waals surface area contributed by atoms with Gasteiger partial charge in [0.1, 0.15) is 0 Å². The van der Waals surface area contributed by atoms with Crippen LogP contribution in [0, 0.1) is 5.92 Å². The molecule has 0 radical (unpaired) electrons. The molecule has 0 saturated carbocycles. The molecular formula is C61H45N. The number of hydrogen-bond acceptors (Lipinski definition) is 1. The number of anilines is 3. The van der Waals surface area contributed by atoms with Crippen molar-refractivity contribution in [2.24, 2.45) is 5.92 Å². The molecule has 1 nitrogen and oxygen atoms in total. The molecule has 0 saturated heterocycles. The van der Waals surface area contributed by atoms with Crippen LogP contribution in [0.5, 0.6) is 0 Å². The van der Waals surface area contributed by atoms with E-state index in [1.165, 1.54) is 16.3 Å². The number of allylic oxidation sites excluding steroid dienone is 2. The Balaban J connectivity index is 1.16. The summed E-state index contributed by atoms with van der Waals surface area (Å²) >= 11 is 0. The second kappa shape index (κ2) is 15.4. The van der Waals surface area contributed by atoms with Gasteiger partial charge >= 0.3 is 0 Å². The zero-order valence-corrected chi connectivity index (χ0v) is 34.3. The van der Waals surface area contributed by atoms with Crippen molar-refractivity contribution in [3.63, 3.8) is 0 Å². The van der Waals surface area contributed by atoms with Crippen molar-refractivity contribution in [1.29, 1.82) is 0 Å². The quantitative estimate of drug-likeness (QED) is 0.0984. The van der Waals surface area contributed by atoms with E-state index in [9.17, 15) is 5.48 Å². The summed E-state index contributed by atoms with van der Waals surface area (Å²) in [6.07, 6.45) is 4.70. The monoisotopic (exact) mass is 795 g/mol. The van der Waals surface area contributed by atoms with Crippen LogP contribution in [-0.4, -0.2) is 0 Å². The largest absolute Gasteiger partial charge is 0.310 e. The lowest BCUT2D eigenvalue weighted by Gasteiger charge is -2.39. The van der Waals surface area contributed by atoms with Crippen molar-refractivity contribution in [3.8, 4) is 33.4 Å². The number of hydrogen-bond donors (Lipinski definition) is 0. The smallest absolute Gasteiger partial charge is 0.0645 e. The maximum Gasteiger partial charge on any atom is 0.0645 e. The average molecular weight is 796 g/mol. The highest BCUT2D eigenvalue weighted by molar-refractivity contribution is 6.13. The molecular weight excluding hydrogens is 747 g/mol. The Morgan fingerprint density at radius 3 is 1.85 bits per heavy atom. The lowest BCUT2D eigenvalue weighted by molar-refractivity contribution is 0.461. The fourth-order valence-electron chi connectivity index (χ4n) is 10.1. The second-order valence-corrected chi connectivity index (χ2v) is 16.2.